The molecule has 0 spiro atoms. The molecule has 128 valence electrons. The van der Waals surface area contributed by atoms with Crippen molar-refractivity contribution in [3.8, 4) is 0 Å². The molecule has 4 aliphatic rings. The van der Waals surface area contributed by atoms with Gasteiger partial charge in [-0.15, -0.1) is 0 Å². The van der Waals surface area contributed by atoms with Gasteiger partial charge >= 0.3 is 5.97 Å². The third kappa shape index (κ3) is 2.02. The molecule has 4 rings (SSSR count). The summed E-state index contributed by atoms with van der Waals surface area (Å²) in [6.45, 7) is 4.64. The highest BCUT2D eigenvalue weighted by atomic mass is 16.4. The smallest absolute Gasteiger partial charge is 0.307 e. The Morgan fingerprint density at radius 2 is 1.78 bits per heavy atom. The van der Waals surface area contributed by atoms with Crippen molar-refractivity contribution >= 4 is 11.9 Å². The highest BCUT2D eigenvalue weighted by Crippen LogP contribution is 2.65. The molecule has 23 heavy (non-hydrogen) atoms. The molecule has 0 aromatic heterocycles. The Balaban J connectivity index is 1.63. The lowest BCUT2D eigenvalue weighted by molar-refractivity contribution is -0.152. The molecule has 0 aromatic rings. The number of carboxylic acid groups (broad SMARTS) is 1. The van der Waals surface area contributed by atoms with Crippen LogP contribution in [0.5, 0.6) is 0 Å². The van der Waals surface area contributed by atoms with Crippen molar-refractivity contribution in [2.24, 2.45) is 34.5 Å². The van der Waals surface area contributed by atoms with E-state index >= 15 is 0 Å². The Bertz CT molecular complexity index is 547. The molecular weight excluding hydrogens is 290 g/mol. The minimum Gasteiger partial charge on any atom is -0.481 e. The molecule has 3 saturated carbocycles. The van der Waals surface area contributed by atoms with E-state index in [1.54, 1.807) is 0 Å². The van der Waals surface area contributed by atoms with E-state index in [0.717, 1.165) is 44.9 Å². The molecule has 3 aliphatic carbocycles. The predicted molar refractivity (Wildman–Crippen MR) is 86.7 cm³/mol. The zero-order valence-corrected chi connectivity index (χ0v) is 14.3. The van der Waals surface area contributed by atoms with Crippen molar-refractivity contribution < 1.29 is 14.7 Å². The first-order chi connectivity index (χ1) is 10.9. The molecular formula is C19H29NO3. The van der Waals surface area contributed by atoms with E-state index in [1.165, 1.54) is 0 Å². The van der Waals surface area contributed by atoms with Gasteiger partial charge in [0.25, 0.3) is 0 Å². The molecule has 1 heterocycles. The Morgan fingerprint density at radius 3 is 2.52 bits per heavy atom. The third-order valence-corrected chi connectivity index (χ3v) is 8.39. The SMILES string of the molecule is C[C@]12CCC(=O)NC1CCC1C2CC[C@]2(C)C(C(=O)O)CCC12. The number of nitrogens with one attached hydrogen (secondary N) is 1. The number of carboxylic acids is 1. The Morgan fingerprint density at radius 1 is 1.04 bits per heavy atom. The summed E-state index contributed by atoms with van der Waals surface area (Å²) < 4.78 is 0. The molecule has 1 aliphatic heterocycles. The standard InChI is InChI=1S/C19H29NO3/c1-18-9-7-13-11(12(18)4-5-14(18)17(22)23)3-6-15-19(13,2)10-8-16(21)20-15/h11-15H,3-10H2,1-2H3,(H,20,21)(H,22,23)/t11?,12?,13?,14?,15?,18-,19+/m0/s1. The van der Waals surface area contributed by atoms with E-state index in [-0.39, 0.29) is 22.7 Å². The van der Waals surface area contributed by atoms with Crippen molar-refractivity contribution in [1.29, 1.82) is 0 Å². The molecule has 0 radical (unpaired) electrons. The van der Waals surface area contributed by atoms with Gasteiger partial charge in [0.2, 0.25) is 5.91 Å². The Kier molecular flexibility index (Phi) is 3.34. The number of hydrogen-bond acceptors (Lipinski definition) is 2. The highest BCUT2D eigenvalue weighted by molar-refractivity contribution is 5.77. The van der Waals surface area contributed by atoms with Crippen molar-refractivity contribution in [2.75, 3.05) is 0 Å². The van der Waals surface area contributed by atoms with Crippen LogP contribution in [0.4, 0.5) is 0 Å². The first-order valence-electron chi connectivity index (χ1n) is 9.38. The van der Waals surface area contributed by atoms with Crippen LogP contribution in [-0.2, 0) is 9.59 Å². The zero-order valence-electron chi connectivity index (χ0n) is 14.3. The van der Waals surface area contributed by atoms with Crippen molar-refractivity contribution in [2.45, 2.75) is 71.3 Å². The van der Waals surface area contributed by atoms with Crippen LogP contribution in [-0.4, -0.2) is 23.0 Å². The molecule has 0 aromatic carbocycles. The van der Waals surface area contributed by atoms with Gasteiger partial charge in [0, 0.05) is 12.5 Å². The van der Waals surface area contributed by atoms with E-state index in [2.05, 4.69) is 19.2 Å². The van der Waals surface area contributed by atoms with Crippen LogP contribution in [0.1, 0.15) is 65.2 Å². The lowest BCUT2D eigenvalue weighted by atomic mass is 9.47. The summed E-state index contributed by atoms with van der Waals surface area (Å²) >= 11 is 0. The molecule has 7 atom stereocenters. The fourth-order valence-corrected chi connectivity index (χ4v) is 7.11. The maximum absolute atomic E-state index is 11.8. The number of piperidine rings is 1. The number of aliphatic carboxylic acids is 1. The minimum absolute atomic E-state index is 0.00584. The normalized spacial score (nSPS) is 52.1. The van der Waals surface area contributed by atoms with E-state index in [0.29, 0.717) is 30.2 Å². The van der Waals surface area contributed by atoms with Gasteiger partial charge in [-0.25, -0.2) is 0 Å². The number of rotatable bonds is 1. The van der Waals surface area contributed by atoms with E-state index in [9.17, 15) is 14.7 Å². The third-order valence-electron chi connectivity index (χ3n) is 8.39. The maximum atomic E-state index is 11.8. The van der Waals surface area contributed by atoms with Gasteiger partial charge < -0.3 is 10.4 Å². The average molecular weight is 319 g/mol. The van der Waals surface area contributed by atoms with Crippen LogP contribution in [0.15, 0.2) is 0 Å². The van der Waals surface area contributed by atoms with E-state index in [1.807, 2.05) is 0 Å². The van der Waals surface area contributed by atoms with Gasteiger partial charge in [0.05, 0.1) is 5.92 Å². The van der Waals surface area contributed by atoms with Gasteiger partial charge in [-0.05, 0) is 73.5 Å². The fourth-order valence-electron chi connectivity index (χ4n) is 7.11. The molecule has 4 nitrogen and oxygen atoms in total. The average Bonchev–Trinajstić information content (AvgIpc) is 2.85. The minimum atomic E-state index is -0.585. The number of carbonyl (C=O) groups is 2. The quantitative estimate of drug-likeness (QED) is 0.780. The van der Waals surface area contributed by atoms with Crippen LogP contribution >= 0.6 is 0 Å². The van der Waals surface area contributed by atoms with Gasteiger partial charge in [-0.2, -0.15) is 0 Å². The summed E-state index contributed by atoms with van der Waals surface area (Å²) in [4.78, 5) is 23.5. The largest absolute Gasteiger partial charge is 0.481 e. The topological polar surface area (TPSA) is 66.4 Å². The van der Waals surface area contributed by atoms with Crippen LogP contribution < -0.4 is 5.32 Å². The molecule has 5 unspecified atom stereocenters. The predicted octanol–water partition coefficient (Wildman–Crippen LogP) is 3.21. The summed E-state index contributed by atoms with van der Waals surface area (Å²) in [6.07, 6.45) is 8.05. The molecule has 1 amide bonds. The van der Waals surface area contributed by atoms with Crippen LogP contribution in [0.2, 0.25) is 0 Å². The molecule has 4 heteroatoms. The Labute approximate surface area is 138 Å². The van der Waals surface area contributed by atoms with Gasteiger partial charge in [0.15, 0.2) is 0 Å². The number of carbonyl (C=O) groups excluding carboxylic acids is 1. The van der Waals surface area contributed by atoms with Crippen LogP contribution in [0, 0.1) is 34.5 Å². The van der Waals surface area contributed by atoms with Gasteiger partial charge in [0.1, 0.15) is 0 Å². The van der Waals surface area contributed by atoms with Gasteiger partial charge in [-0.3, -0.25) is 9.59 Å². The molecule has 1 saturated heterocycles. The summed E-state index contributed by atoms with van der Waals surface area (Å²) in [5.74, 6) is 1.38. The summed E-state index contributed by atoms with van der Waals surface area (Å²) in [5.41, 5.74) is 0.216. The summed E-state index contributed by atoms with van der Waals surface area (Å²) in [7, 11) is 0. The summed E-state index contributed by atoms with van der Waals surface area (Å²) in [6, 6.07) is 0.339. The van der Waals surface area contributed by atoms with Crippen molar-refractivity contribution in [3.63, 3.8) is 0 Å². The van der Waals surface area contributed by atoms with E-state index < -0.39 is 5.97 Å². The Hall–Kier alpha value is -1.06. The first kappa shape index (κ1) is 15.5. The fraction of sp³-hybridized carbons (Fsp3) is 0.895. The van der Waals surface area contributed by atoms with Crippen LogP contribution in [0.3, 0.4) is 0 Å². The second kappa shape index (κ2) is 4.97. The molecule has 4 fully saturated rings. The number of hydrogen-bond donors (Lipinski definition) is 2. The number of amides is 1. The molecule has 0 bridgehead atoms. The van der Waals surface area contributed by atoms with Crippen molar-refractivity contribution in [3.05, 3.63) is 0 Å². The van der Waals surface area contributed by atoms with Crippen molar-refractivity contribution in [1.82, 2.24) is 5.32 Å². The zero-order chi connectivity index (χ0) is 16.4. The van der Waals surface area contributed by atoms with E-state index in [4.69, 9.17) is 0 Å². The van der Waals surface area contributed by atoms with Gasteiger partial charge in [-0.1, -0.05) is 13.8 Å². The first-order valence-corrected chi connectivity index (χ1v) is 9.38. The lowest BCUT2D eigenvalue weighted by Crippen LogP contribution is -2.61. The lowest BCUT2D eigenvalue weighted by Gasteiger charge is -2.60. The second-order valence-electron chi connectivity index (χ2n) is 9.09. The monoisotopic (exact) mass is 319 g/mol. The van der Waals surface area contributed by atoms with Crippen LogP contribution in [0.25, 0.3) is 0 Å². The second-order valence-corrected chi connectivity index (χ2v) is 9.09. The summed E-state index contributed by atoms with van der Waals surface area (Å²) in [5, 5.41) is 12.9. The maximum Gasteiger partial charge on any atom is 0.307 e. The highest BCUT2D eigenvalue weighted by Gasteiger charge is 2.61. The number of fused-ring (bicyclic) bond motifs is 5. The molecule has 2 N–H and O–H groups in total.